The van der Waals surface area contributed by atoms with Crippen LogP contribution in [0.2, 0.25) is 0 Å². The second-order valence-corrected chi connectivity index (χ2v) is 4.28. The average molecular weight is 268 g/mol. The zero-order valence-electron chi connectivity index (χ0n) is 10.5. The van der Waals surface area contributed by atoms with E-state index < -0.39 is 0 Å². The number of H-pyrrole nitrogens is 2. The number of aromatic nitrogens is 4. The first-order valence-electron chi connectivity index (χ1n) is 6.02. The summed E-state index contributed by atoms with van der Waals surface area (Å²) in [5, 5.41) is 16.2. The molecule has 0 amide bonds. The first-order valence-corrected chi connectivity index (χ1v) is 6.02. The summed E-state index contributed by atoms with van der Waals surface area (Å²) in [5.41, 5.74) is 3.56. The van der Waals surface area contributed by atoms with E-state index in [0.29, 0.717) is 23.3 Å². The molecule has 7 heteroatoms. The van der Waals surface area contributed by atoms with Gasteiger partial charge in [-0.15, -0.1) is 0 Å². The molecule has 0 aliphatic heterocycles. The highest BCUT2D eigenvalue weighted by Gasteiger charge is 2.03. The van der Waals surface area contributed by atoms with Crippen molar-refractivity contribution in [1.82, 2.24) is 20.2 Å². The Kier molecular flexibility index (Phi) is 3.00. The van der Waals surface area contributed by atoms with Gasteiger partial charge < -0.3 is 5.32 Å². The normalized spacial score (nSPS) is 10.6. The average Bonchev–Trinajstić information content (AvgIpc) is 2.87. The van der Waals surface area contributed by atoms with Gasteiger partial charge in [0.25, 0.3) is 0 Å². The highest BCUT2D eigenvalue weighted by atomic mass is 16.1. The van der Waals surface area contributed by atoms with Gasteiger partial charge in [0.15, 0.2) is 16.7 Å². The molecule has 0 saturated heterocycles. The quantitative estimate of drug-likeness (QED) is 0.533. The van der Waals surface area contributed by atoms with Crippen molar-refractivity contribution in [3.05, 3.63) is 47.2 Å². The summed E-state index contributed by atoms with van der Waals surface area (Å²) < 4.78 is 0. The van der Waals surface area contributed by atoms with Gasteiger partial charge in [-0.25, -0.2) is 9.97 Å². The number of nitrogens with zero attached hydrogens (tertiary/aromatic N) is 2. The van der Waals surface area contributed by atoms with E-state index in [1.807, 2.05) is 12.1 Å². The van der Waals surface area contributed by atoms with Gasteiger partial charge in [0, 0.05) is 11.3 Å². The van der Waals surface area contributed by atoms with E-state index in [0.717, 1.165) is 17.7 Å². The van der Waals surface area contributed by atoms with Gasteiger partial charge in [0.05, 0.1) is 18.4 Å². The van der Waals surface area contributed by atoms with Gasteiger partial charge in [0.1, 0.15) is 6.29 Å². The first kappa shape index (κ1) is 12.1. The number of hydrogen-bond acceptors (Lipinski definition) is 5. The number of fused-ring (bicyclic) bond motifs is 1. The second kappa shape index (κ2) is 4.96. The summed E-state index contributed by atoms with van der Waals surface area (Å²) in [6.07, 6.45) is 2.46. The highest BCUT2D eigenvalue weighted by Crippen LogP contribution is 2.10. The molecular weight excluding hydrogens is 256 g/mol. The molecule has 0 radical (unpaired) electrons. The van der Waals surface area contributed by atoms with Gasteiger partial charge in [-0.3, -0.25) is 20.4 Å². The Bertz CT molecular complexity index is 802. The zero-order valence-corrected chi connectivity index (χ0v) is 10.5. The van der Waals surface area contributed by atoms with Crippen LogP contribution in [-0.2, 0) is 6.54 Å². The van der Waals surface area contributed by atoms with Crippen molar-refractivity contribution < 1.29 is 4.79 Å². The lowest BCUT2D eigenvalue weighted by atomic mass is 10.2. The Morgan fingerprint density at radius 3 is 2.80 bits per heavy atom. The molecule has 0 saturated carbocycles. The molecule has 100 valence electrons. The molecule has 4 N–H and O–H groups in total. The van der Waals surface area contributed by atoms with E-state index >= 15 is 0 Å². The van der Waals surface area contributed by atoms with Crippen LogP contribution < -0.4 is 10.8 Å². The second-order valence-electron chi connectivity index (χ2n) is 4.28. The number of benzene rings is 1. The molecule has 2 aromatic heterocycles. The van der Waals surface area contributed by atoms with Crippen LogP contribution in [0.1, 0.15) is 16.1 Å². The number of hydrogen-bond donors (Lipinski definition) is 4. The standard InChI is InChI=1S/C13H12N6O/c14-12-11-13(19-18-12)16-6-10(17-11)5-15-9-3-1-8(7-20)2-4-9/h1-4,6-7,15H,5H2,(H3,14,16,18,19). The van der Waals surface area contributed by atoms with Crippen molar-refractivity contribution in [2.45, 2.75) is 6.54 Å². The lowest BCUT2D eigenvalue weighted by Gasteiger charge is -2.05. The Labute approximate surface area is 113 Å². The van der Waals surface area contributed by atoms with Crippen molar-refractivity contribution in [3.63, 3.8) is 0 Å². The number of aromatic amines is 2. The number of anilines is 1. The first-order chi connectivity index (χ1) is 9.76. The number of carbonyl (C=O) groups excluding carboxylic acids is 1. The molecule has 7 nitrogen and oxygen atoms in total. The lowest BCUT2D eigenvalue weighted by molar-refractivity contribution is 0.112. The van der Waals surface area contributed by atoms with Crippen LogP contribution in [-0.4, -0.2) is 26.5 Å². The third-order valence-corrected chi connectivity index (χ3v) is 2.89. The van der Waals surface area contributed by atoms with E-state index in [9.17, 15) is 4.79 Å². The molecule has 2 heterocycles. The summed E-state index contributed by atoms with van der Waals surface area (Å²) in [7, 11) is 0. The maximum atomic E-state index is 10.6. The van der Waals surface area contributed by atoms with Crippen molar-refractivity contribution in [2.24, 2.45) is 0 Å². The molecule has 0 unspecified atom stereocenters. The van der Waals surface area contributed by atoms with Crippen LogP contribution >= 0.6 is 0 Å². The molecule has 0 bridgehead atoms. The largest absolute Gasteiger partial charge is 0.379 e. The maximum Gasteiger partial charge on any atom is 0.174 e. The fourth-order valence-electron chi connectivity index (χ4n) is 1.83. The van der Waals surface area contributed by atoms with Crippen LogP contribution in [0.3, 0.4) is 0 Å². The molecule has 0 atom stereocenters. The maximum absolute atomic E-state index is 10.6. The van der Waals surface area contributed by atoms with E-state index in [1.165, 1.54) is 0 Å². The highest BCUT2D eigenvalue weighted by molar-refractivity contribution is 5.75. The van der Waals surface area contributed by atoms with Crippen LogP contribution in [0.4, 0.5) is 5.69 Å². The van der Waals surface area contributed by atoms with Crippen LogP contribution in [0, 0.1) is 5.41 Å². The van der Waals surface area contributed by atoms with Crippen molar-refractivity contribution in [3.8, 4) is 0 Å². The Morgan fingerprint density at radius 2 is 2.05 bits per heavy atom. The molecule has 3 rings (SSSR count). The monoisotopic (exact) mass is 268 g/mol. The summed E-state index contributed by atoms with van der Waals surface area (Å²) in [6.45, 7) is 0.494. The number of rotatable bonds is 4. The molecule has 1 aromatic carbocycles. The number of carbonyl (C=O) groups is 1. The SMILES string of the molecule is N=c1[nH][nH]c2ncc(CNc3ccc(C=O)cc3)nc12. The zero-order chi connectivity index (χ0) is 13.9. The van der Waals surface area contributed by atoms with Crippen LogP contribution in [0.15, 0.2) is 30.5 Å². The van der Waals surface area contributed by atoms with Gasteiger partial charge in [-0.05, 0) is 24.3 Å². The summed E-state index contributed by atoms with van der Waals surface area (Å²) in [5.74, 6) is 0. The third kappa shape index (κ3) is 2.28. The number of aldehydes is 1. The van der Waals surface area contributed by atoms with Crippen LogP contribution in [0.25, 0.3) is 11.2 Å². The Balaban J connectivity index is 1.77. The fourth-order valence-corrected chi connectivity index (χ4v) is 1.83. The van der Waals surface area contributed by atoms with E-state index in [2.05, 4.69) is 25.5 Å². The molecule has 3 aromatic rings. The molecule has 0 fully saturated rings. The third-order valence-electron chi connectivity index (χ3n) is 2.89. The van der Waals surface area contributed by atoms with E-state index in [-0.39, 0.29) is 5.49 Å². The Hall–Kier alpha value is -2.96. The van der Waals surface area contributed by atoms with Gasteiger partial charge in [-0.1, -0.05) is 0 Å². The van der Waals surface area contributed by atoms with E-state index in [4.69, 9.17) is 5.41 Å². The number of nitrogens with one attached hydrogen (secondary N) is 4. The van der Waals surface area contributed by atoms with Crippen molar-refractivity contribution >= 4 is 23.1 Å². The Morgan fingerprint density at radius 1 is 1.25 bits per heavy atom. The molecule has 20 heavy (non-hydrogen) atoms. The predicted octanol–water partition coefficient (Wildman–Crippen LogP) is 1.19. The fraction of sp³-hybridized carbons (Fsp3) is 0.0769. The summed E-state index contributed by atoms with van der Waals surface area (Å²) in [4.78, 5) is 19.1. The summed E-state index contributed by atoms with van der Waals surface area (Å²) in [6, 6.07) is 7.14. The van der Waals surface area contributed by atoms with E-state index in [1.54, 1.807) is 18.3 Å². The molecule has 0 aliphatic rings. The molecule has 0 spiro atoms. The minimum atomic E-state index is 0.213. The lowest BCUT2D eigenvalue weighted by Crippen LogP contribution is -2.06. The van der Waals surface area contributed by atoms with Gasteiger partial charge >= 0.3 is 0 Å². The smallest absolute Gasteiger partial charge is 0.174 e. The summed E-state index contributed by atoms with van der Waals surface area (Å²) >= 11 is 0. The topological polar surface area (TPSA) is 110 Å². The van der Waals surface area contributed by atoms with Crippen molar-refractivity contribution in [2.75, 3.05) is 5.32 Å². The van der Waals surface area contributed by atoms with Gasteiger partial charge in [0.2, 0.25) is 0 Å². The minimum Gasteiger partial charge on any atom is -0.379 e. The van der Waals surface area contributed by atoms with Crippen molar-refractivity contribution in [1.29, 1.82) is 5.41 Å². The van der Waals surface area contributed by atoms with Crippen LogP contribution in [0.5, 0.6) is 0 Å². The molecule has 0 aliphatic carbocycles. The van der Waals surface area contributed by atoms with Gasteiger partial charge in [-0.2, -0.15) is 0 Å². The molecular formula is C13H12N6O. The predicted molar refractivity (Wildman–Crippen MR) is 73.3 cm³/mol. The minimum absolute atomic E-state index is 0.213.